The van der Waals surface area contributed by atoms with Crippen LogP contribution in [0, 0.1) is 0 Å². The van der Waals surface area contributed by atoms with E-state index in [0.717, 1.165) is 34.2 Å². The lowest BCUT2D eigenvalue weighted by molar-refractivity contribution is 0.340. The minimum absolute atomic E-state index is 0.222. The molecule has 0 radical (unpaired) electrons. The van der Waals surface area contributed by atoms with Gasteiger partial charge >= 0.3 is 0 Å². The minimum Gasteiger partial charge on any atom is -0.508 e. The Kier molecular flexibility index (Phi) is 4.15. The fourth-order valence-electron chi connectivity index (χ4n) is 2.78. The zero-order valence-electron chi connectivity index (χ0n) is 14.3. The molecule has 6 heteroatoms. The van der Waals surface area contributed by atoms with Crippen molar-refractivity contribution in [3.63, 3.8) is 0 Å². The third-order valence-electron chi connectivity index (χ3n) is 4.00. The highest BCUT2D eigenvalue weighted by Crippen LogP contribution is 2.32. The van der Waals surface area contributed by atoms with E-state index in [2.05, 4.69) is 15.3 Å². The van der Waals surface area contributed by atoms with E-state index in [1.54, 1.807) is 24.5 Å². The molecule has 0 unspecified atom stereocenters. The van der Waals surface area contributed by atoms with Crippen molar-refractivity contribution in [1.82, 2.24) is 14.4 Å². The molecule has 0 aliphatic rings. The average molecular weight is 346 g/mol. The van der Waals surface area contributed by atoms with Crippen LogP contribution in [0.25, 0.3) is 16.9 Å². The molecule has 6 nitrogen and oxygen atoms in total. The fraction of sp³-hybridized carbons (Fsp3) is 0.100. The number of hydrogen-bond acceptors (Lipinski definition) is 5. The second-order valence-electron chi connectivity index (χ2n) is 5.74. The van der Waals surface area contributed by atoms with E-state index in [9.17, 15) is 5.11 Å². The van der Waals surface area contributed by atoms with Crippen molar-refractivity contribution >= 4 is 17.2 Å². The molecule has 130 valence electrons. The van der Waals surface area contributed by atoms with Crippen molar-refractivity contribution in [2.24, 2.45) is 0 Å². The third-order valence-corrected chi connectivity index (χ3v) is 4.00. The number of imidazole rings is 1. The summed E-state index contributed by atoms with van der Waals surface area (Å²) in [6.45, 7) is 2.60. The molecule has 2 N–H and O–H groups in total. The van der Waals surface area contributed by atoms with Crippen molar-refractivity contribution in [2.75, 3.05) is 11.9 Å². The van der Waals surface area contributed by atoms with E-state index < -0.39 is 0 Å². The van der Waals surface area contributed by atoms with E-state index in [1.807, 2.05) is 53.9 Å². The maximum Gasteiger partial charge on any atom is 0.157 e. The highest BCUT2D eigenvalue weighted by molar-refractivity contribution is 5.79. The van der Waals surface area contributed by atoms with Gasteiger partial charge in [-0.25, -0.2) is 4.98 Å². The van der Waals surface area contributed by atoms with Crippen LogP contribution in [0.3, 0.4) is 0 Å². The molecule has 2 aromatic heterocycles. The summed E-state index contributed by atoms with van der Waals surface area (Å²) >= 11 is 0. The summed E-state index contributed by atoms with van der Waals surface area (Å²) in [4.78, 5) is 8.83. The number of fused-ring (bicyclic) bond motifs is 1. The molecular weight excluding hydrogens is 328 g/mol. The highest BCUT2D eigenvalue weighted by Gasteiger charge is 2.14. The Bertz CT molecular complexity index is 1020. The van der Waals surface area contributed by atoms with Gasteiger partial charge in [-0.1, -0.05) is 0 Å². The third kappa shape index (κ3) is 3.04. The van der Waals surface area contributed by atoms with Crippen LogP contribution in [0.15, 0.2) is 67.1 Å². The molecular formula is C20H18N4O2. The van der Waals surface area contributed by atoms with E-state index >= 15 is 0 Å². The lowest BCUT2D eigenvalue weighted by Crippen LogP contribution is -1.97. The zero-order chi connectivity index (χ0) is 17.9. The number of phenolic OH excluding ortho intramolecular Hbond substituents is 1. The van der Waals surface area contributed by atoms with Gasteiger partial charge in [-0.05, 0) is 55.5 Å². The maximum atomic E-state index is 9.55. The molecule has 0 saturated heterocycles. The predicted octanol–water partition coefficient (Wildman–Crippen LogP) is 4.24. The Morgan fingerprint density at radius 2 is 1.85 bits per heavy atom. The number of nitrogens with one attached hydrogen (secondary N) is 1. The standard InChI is InChI=1S/C20H18N4O2/c1-2-26-17-9-5-15(6-10-17)22-20-19(14-3-7-16(25)8-4-14)23-18-13-21-11-12-24(18)20/h3-13,22,25H,2H2,1H3. The van der Waals surface area contributed by atoms with Gasteiger partial charge in [-0.3, -0.25) is 9.38 Å². The molecule has 0 fully saturated rings. The van der Waals surface area contributed by atoms with E-state index in [4.69, 9.17) is 4.74 Å². The second-order valence-corrected chi connectivity index (χ2v) is 5.74. The number of rotatable bonds is 5. The molecule has 4 aromatic rings. The molecule has 26 heavy (non-hydrogen) atoms. The number of hydrogen-bond donors (Lipinski definition) is 2. The maximum absolute atomic E-state index is 9.55. The molecule has 0 saturated carbocycles. The van der Waals surface area contributed by atoms with Crippen molar-refractivity contribution < 1.29 is 9.84 Å². The van der Waals surface area contributed by atoms with Crippen molar-refractivity contribution in [1.29, 1.82) is 0 Å². The molecule has 0 atom stereocenters. The minimum atomic E-state index is 0.222. The quantitative estimate of drug-likeness (QED) is 0.565. The second kappa shape index (κ2) is 6.76. The first-order valence-electron chi connectivity index (χ1n) is 8.36. The number of anilines is 2. The van der Waals surface area contributed by atoms with Crippen LogP contribution in [0.5, 0.6) is 11.5 Å². The van der Waals surface area contributed by atoms with Crippen LogP contribution < -0.4 is 10.1 Å². The van der Waals surface area contributed by atoms with Gasteiger partial charge < -0.3 is 15.2 Å². The van der Waals surface area contributed by atoms with Gasteiger partial charge in [0, 0.05) is 23.6 Å². The van der Waals surface area contributed by atoms with Crippen molar-refractivity contribution in [3.8, 4) is 22.8 Å². The van der Waals surface area contributed by atoms with Crippen LogP contribution in [0.1, 0.15) is 6.92 Å². The molecule has 0 bridgehead atoms. The first kappa shape index (κ1) is 16.0. The molecule has 2 heterocycles. The average Bonchev–Trinajstić information content (AvgIpc) is 3.03. The van der Waals surface area contributed by atoms with Gasteiger partial charge in [0.15, 0.2) is 5.65 Å². The molecule has 0 spiro atoms. The Labute approximate surface area is 150 Å². The lowest BCUT2D eigenvalue weighted by Gasteiger charge is -2.10. The lowest BCUT2D eigenvalue weighted by atomic mass is 10.1. The molecule has 0 amide bonds. The summed E-state index contributed by atoms with van der Waals surface area (Å²) in [5, 5.41) is 13.0. The Balaban J connectivity index is 1.77. The number of ether oxygens (including phenoxy) is 1. The van der Waals surface area contributed by atoms with Crippen molar-refractivity contribution in [3.05, 3.63) is 67.1 Å². The van der Waals surface area contributed by atoms with Gasteiger partial charge in [0.25, 0.3) is 0 Å². The predicted molar refractivity (Wildman–Crippen MR) is 101 cm³/mol. The van der Waals surface area contributed by atoms with Crippen LogP contribution in [0.2, 0.25) is 0 Å². The largest absolute Gasteiger partial charge is 0.508 e. The fourth-order valence-corrected chi connectivity index (χ4v) is 2.78. The zero-order valence-corrected chi connectivity index (χ0v) is 14.3. The van der Waals surface area contributed by atoms with Crippen LogP contribution in [0.4, 0.5) is 11.5 Å². The highest BCUT2D eigenvalue weighted by atomic mass is 16.5. The SMILES string of the molecule is CCOc1ccc(Nc2c(-c3ccc(O)cc3)nc3cnccn23)cc1. The van der Waals surface area contributed by atoms with Crippen LogP contribution in [-0.2, 0) is 0 Å². The summed E-state index contributed by atoms with van der Waals surface area (Å²) in [5.74, 6) is 1.89. The molecule has 2 aromatic carbocycles. The number of aromatic hydroxyl groups is 1. The Morgan fingerprint density at radius 3 is 2.58 bits per heavy atom. The van der Waals surface area contributed by atoms with Gasteiger partial charge in [-0.15, -0.1) is 0 Å². The molecule has 0 aliphatic heterocycles. The number of aromatic nitrogens is 3. The number of phenols is 1. The summed E-state index contributed by atoms with van der Waals surface area (Å²) < 4.78 is 7.44. The van der Waals surface area contributed by atoms with E-state index in [-0.39, 0.29) is 5.75 Å². The Hall–Kier alpha value is -3.54. The van der Waals surface area contributed by atoms with Gasteiger partial charge in [-0.2, -0.15) is 0 Å². The van der Waals surface area contributed by atoms with Crippen LogP contribution >= 0.6 is 0 Å². The van der Waals surface area contributed by atoms with Crippen LogP contribution in [-0.4, -0.2) is 26.1 Å². The normalized spacial score (nSPS) is 10.8. The summed E-state index contributed by atoms with van der Waals surface area (Å²) in [6, 6.07) is 14.8. The molecule has 0 aliphatic carbocycles. The van der Waals surface area contributed by atoms with E-state index in [0.29, 0.717) is 6.61 Å². The summed E-state index contributed by atoms with van der Waals surface area (Å²) in [7, 11) is 0. The van der Waals surface area contributed by atoms with Gasteiger partial charge in [0.1, 0.15) is 23.0 Å². The number of nitrogens with zero attached hydrogens (tertiary/aromatic N) is 3. The van der Waals surface area contributed by atoms with Crippen molar-refractivity contribution in [2.45, 2.75) is 6.92 Å². The van der Waals surface area contributed by atoms with Gasteiger partial charge in [0.2, 0.25) is 0 Å². The summed E-state index contributed by atoms with van der Waals surface area (Å²) in [5.41, 5.74) is 3.35. The summed E-state index contributed by atoms with van der Waals surface area (Å²) in [6.07, 6.45) is 5.30. The molecule has 4 rings (SSSR count). The smallest absolute Gasteiger partial charge is 0.157 e. The topological polar surface area (TPSA) is 71.7 Å². The Morgan fingerprint density at radius 1 is 1.08 bits per heavy atom. The first-order chi connectivity index (χ1) is 12.7. The first-order valence-corrected chi connectivity index (χ1v) is 8.36. The number of benzene rings is 2. The monoisotopic (exact) mass is 346 g/mol. The van der Waals surface area contributed by atoms with E-state index in [1.165, 1.54) is 0 Å². The van der Waals surface area contributed by atoms with Gasteiger partial charge in [0.05, 0.1) is 12.8 Å².